The van der Waals surface area contributed by atoms with Crippen LogP contribution in [-0.4, -0.2) is 27.5 Å². The highest BCUT2D eigenvalue weighted by molar-refractivity contribution is 6.06. The monoisotopic (exact) mass is 437 g/mol. The molecule has 1 heterocycles. The van der Waals surface area contributed by atoms with Gasteiger partial charge in [0.1, 0.15) is 0 Å². The number of hydrogen-bond acceptors (Lipinski definition) is 6. The molecule has 3 rings (SSSR count). The summed E-state index contributed by atoms with van der Waals surface area (Å²) in [5.74, 6) is -1.24. The number of fused-ring (bicyclic) bond motifs is 1. The summed E-state index contributed by atoms with van der Waals surface area (Å²) >= 11 is 0. The van der Waals surface area contributed by atoms with Gasteiger partial charge in [-0.3, -0.25) is 24.5 Å². The Labute approximate surface area is 183 Å². The molecule has 0 spiro atoms. The lowest BCUT2D eigenvalue weighted by atomic mass is 10.0. The van der Waals surface area contributed by atoms with E-state index in [0.717, 1.165) is 0 Å². The van der Waals surface area contributed by atoms with Crippen molar-refractivity contribution in [2.45, 2.75) is 32.4 Å². The maximum atomic E-state index is 13.2. The van der Waals surface area contributed by atoms with Crippen LogP contribution in [0.4, 0.5) is 5.69 Å². The summed E-state index contributed by atoms with van der Waals surface area (Å²) < 4.78 is 6.60. The van der Waals surface area contributed by atoms with E-state index in [4.69, 9.17) is 4.74 Å². The van der Waals surface area contributed by atoms with Crippen molar-refractivity contribution in [1.82, 2.24) is 9.88 Å². The number of nitro groups is 1. The first-order valence-corrected chi connectivity index (χ1v) is 10.0. The molecule has 1 atom stereocenters. The Morgan fingerprint density at radius 3 is 2.47 bits per heavy atom. The molecule has 3 aromatic rings. The van der Waals surface area contributed by atoms with Gasteiger partial charge in [0.05, 0.1) is 40.1 Å². The van der Waals surface area contributed by atoms with Gasteiger partial charge in [-0.05, 0) is 19.9 Å². The molecular formula is C23H23N3O6. The van der Waals surface area contributed by atoms with Crippen molar-refractivity contribution in [3.05, 3.63) is 86.2 Å². The summed E-state index contributed by atoms with van der Waals surface area (Å²) in [5, 5.41) is 14.8. The molecule has 1 amide bonds. The molecule has 2 aromatic carbocycles. The molecule has 0 radical (unpaired) electrons. The zero-order chi connectivity index (χ0) is 23.4. The summed E-state index contributed by atoms with van der Waals surface area (Å²) in [7, 11) is 1.60. The lowest BCUT2D eigenvalue weighted by molar-refractivity contribution is -0.385. The predicted molar refractivity (Wildman–Crippen MR) is 118 cm³/mol. The normalized spacial score (nSPS) is 11.9. The van der Waals surface area contributed by atoms with E-state index in [9.17, 15) is 24.5 Å². The number of benzene rings is 2. The van der Waals surface area contributed by atoms with E-state index >= 15 is 0 Å². The molecule has 0 saturated carbocycles. The molecule has 1 N–H and O–H groups in total. The quantitative estimate of drug-likeness (QED) is 0.344. The average Bonchev–Trinajstić information content (AvgIpc) is 2.75. The smallest absolute Gasteiger partial charge is 0.308 e. The zero-order valence-corrected chi connectivity index (χ0v) is 17.9. The summed E-state index contributed by atoms with van der Waals surface area (Å²) in [4.78, 5) is 48.9. The first-order chi connectivity index (χ1) is 15.2. The number of aryl methyl sites for hydroxylation is 1. The minimum absolute atomic E-state index is 0.115. The van der Waals surface area contributed by atoms with Crippen LogP contribution in [0.3, 0.4) is 0 Å². The van der Waals surface area contributed by atoms with Crippen LogP contribution in [0.1, 0.15) is 42.2 Å². The number of nitro benzene ring substituents is 1. The number of pyridine rings is 1. The fourth-order valence-electron chi connectivity index (χ4n) is 3.50. The highest BCUT2D eigenvalue weighted by Crippen LogP contribution is 2.28. The van der Waals surface area contributed by atoms with E-state index < -0.39 is 22.8 Å². The van der Waals surface area contributed by atoms with Gasteiger partial charge in [-0.25, -0.2) is 0 Å². The van der Waals surface area contributed by atoms with Crippen molar-refractivity contribution in [3.63, 3.8) is 0 Å². The van der Waals surface area contributed by atoms with Gasteiger partial charge in [-0.15, -0.1) is 0 Å². The summed E-state index contributed by atoms with van der Waals surface area (Å²) in [6.45, 7) is 3.37. The first-order valence-electron chi connectivity index (χ1n) is 10.0. The van der Waals surface area contributed by atoms with Crippen LogP contribution in [-0.2, 0) is 16.6 Å². The Balaban J connectivity index is 2.04. The van der Waals surface area contributed by atoms with Gasteiger partial charge >= 0.3 is 5.97 Å². The van der Waals surface area contributed by atoms with Crippen LogP contribution in [0.25, 0.3) is 10.9 Å². The standard InChI is InChI=1S/C23H23N3O6/c1-14(2)32-22(28)13-18(16-9-5-7-11-20(16)26(30)31)24-23(29)17-12-21(27)25(3)19-10-6-4-8-15(17)19/h4-12,14,18H,13H2,1-3H3,(H,24,29). The number of rotatable bonds is 7. The minimum Gasteiger partial charge on any atom is -0.463 e. The molecular weight excluding hydrogens is 414 g/mol. The van der Waals surface area contributed by atoms with Gasteiger partial charge in [0.2, 0.25) is 0 Å². The third-order valence-corrected chi connectivity index (χ3v) is 4.95. The first kappa shape index (κ1) is 22.7. The van der Waals surface area contributed by atoms with Crippen LogP contribution in [0.5, 0.6) is 0 Å². The number of nitrogens with zero attached hydrogens (tertiary/aromatic N) is 2. The van der Waals surface area contributed by atoms with Crippen molar-refractivity contribution in [2.24, 2.45) is 7.05 Å². The molecule has 0 aliphatic rings. The lowest BCUT2D eigenvalue weighted by Crippen LogP contribution is -2.33. The highest BCUT2D eigenvalue weighted by Gasteiger charge is 2.27. The molecule has 9 heteroatoms. The van der Waals surface area contributed by atoms with E-state index in [1.54, 1.807) is 51.2 Å². The van der Waals surface area contributed by atoms with Crippen molar-refractivity contribution in [1.29, 1.82) is 0 Å². The van der Waals surface area contributed by atoms with Crippen LogP contribution >= 0.6 is 0 Å². The Kier molecular flexibility index (Phi) is 6.67. The minimum atomic E-state index is -1.03. The van der Waals surface area contributed by atoms with Crippen LogP contribution in [0.2, 0.25) is 0 Å². The van der Waals surface area contributed by atoms with Crippen molar-refractivity contribution < 1.29 is 19.2 Å². The zero-order valence-electron chi connectivity index (χ0n) is 17.9. The Morgan fingerprint density at radius 1 is 1.12 bits per heavy atom. The molecule has 0 fully saturated rings. The summed E-state index contributed by atoms with van der Waals surface area (Å²) in [6, 6.07) is 13.0. The average molecular weight is 437 g/mol. The number of carbonyl (C=O) groups excluding carboxylic acids is 2. The second-order valence-electron chi connectivity index (χ2n) is 7.56. The van der Waals surface area contributed by atoms with Crippen LogP contribution in [0.15, 0.2) is 59.4 Å². The molecule has 0 aliphatic heterocycles. The number of nitrogens with one attached hydrogen (secondary N) is 1. The molecule has 0 saturated heterocycles. The van der Waals surface area contributed by atoms with Crippen LogP contribution in [0, 0.1) is 10.1 Å². The highest BCUT2D eigenvalue weighted by atomic mass is 16.6. The third kappa shape index (κ3) is 4.83. The second kappa shape index (κ2) is 9.42. The van der Waals surface area contributed by atoms with Gasteiger partial charge in [0, 0.05) is 24.6 Å². The number of carbonyl (C=O) groups is 2. The van der Waals surface area contributed by atoms with Crippen LogP contribution < -0.4 is 10.9 Å². The van der Waals surface area contributed by atoms with Gasteiger partial charge in [-0.2, -0.15) is 0 Å². The lowest BCUT2D eigenvalue weighted by Gasteiger charge is -2.20. The van der Waals surface area contributed by atoms with Gasteiger partial charge < -0.3 is 14.6 Å². The fraction of sp³-hybridized carbons (Fsp3) is 0.261. The van der Waals surface area contributed by atoms with E-state index in [2.05, 4.69) is 5.32 Å². The maximum Gasteiger partial charge on any atom is 0.308 e. The molecule has 166 valence electrons. The van der Waals surface area contributed by atoms with E-state index in [1.807, 2.05) is 0 Å². The van der Waals surface area contributed by atoms with Gasteiger partial charge in [0.25, 0.3) is 17.2 Å². The number of para-hydroxylation sites is 2. The van der Waals surface area contributed by atoms with Crippen molar-refractivity contribution >= 4 is 28.5 Å². The van der Waals surface area contributed by atoms with E-state index in [0.29, 0.717) is 10.9 Å². The third-order valence-electron chi connectivity index (χ3n) is 4.95. The SMILES string of the molecule is CC(C)OC(=O)CC(NC(=O)c1cc(=O)n(C)c2ccccc12)c1ccccc1[N+](=O)[O-]. The van der Waals surface area contributed by atoms with Gasteiger partial charge in [0.15, 0.2) is 0 Å². The molecule has 9 nitrogen and oxygen atoms in total. The van der Waals surface area contributed by atoms with E-state index in [-0.39, 0.29) is 34.9 Å². The molecule has 0 aliphatic carbocycles. The topological polar surface area (TPSA) is 121 Å². The Hall–Kier alpha value is -4.01. The second-order valence-corrected chi connectivity index (χ2v) is 7.56. The van der Waals surface area contributed by atoms with Gasteiger partial charge in [-0.1, -0.05) is 36.4 Å². The summed E-state index contributed by atoms with van der Waals surface area (Å²) in [5.41, 5.74) is 0.232. The number of amides is 1. The number of esters is 1. The van der Waals surface area contributed by atoms with Crippen molar-refractivity contribution in [3.8, 4) is 0 Å². The molecule has 1 aromatic heterocycles. The Bertz CT molecular complexity index is 1250. The fourth-order valence-corrected chi connectivity index (χ4v) is 3.50. The molecule has 32 heavy (non-hydrogen) atoms. The van der Waals surface area contributed by atoms with Crippen molar-refractivity contribution in [2.75, 3.05) is 0 Å². The molecule has 0 bridgehead atoms. The largest absolute Gasteiger partial charge is 0.463 e. The van der Waals surface area contributed by atoms with E-state index in [1.165, 1.54) is 28.8 Å². The Morgan fingerprint density at radius 2 is 1.78 bits per heavy atom. The predicted octanol–water partition coefficient (Wildman–Crippen LogP) is 3.26. The maximum absolute atomic E-state index is 13.2. The molecule has 1 unspecified atom stereocenters. The number of ether oxygens (including phenoxy) is 1. The summed E-state index contributed by atoms with van der Waals surface area (Å²) in [6.07, 6.45) is -0.692. The number of hydrogen-bond donors (Lipinski definition) is 1. The number of aromatic nitrogens is 1.